The number of phosphoric acid groups is 2. The van der Waals surface area contributed by atoms with Gasteiger partial charge in [-0.05, 0) is 31.6 Å². The van der Waals surface area contributed by atoms with Crippen molar-refractivity contribution in [3.05, 3.63) is 0 Å². The maximum Gasteiger partial charge on any atom is 0.472 e. The SMILES string of the molecule is CCCCCCCCCCCCCCCCCCCCCCCCC(=O)O[C@H](COC(=O)CCCCCCCCCCCCC(C)C)COP(=O)(O)OC[C@@H](O)COP(=O)(O)OC[C@@H](COC(=O)CCCCCCC)OC(=O)CCCCCCCCCC. The standard InChI is InChI=1S/C69H134O17P2/c1-6-9-12-15-17-19-20-21-22-23-24-25-26-27-28-29-30-31-36-40-45-50-55-69(74)86-65(59-80-67(72)53-48-43-39-35-33-32-34-37-42-46-51-62(4)5)61-84-88(77,78)82-57-63(70)56-81-87(75,76)83-60-64(58-79-66(71)52-47-41-14-11-8-3)85-68(73)54-49-44-38-18-16-13-10-7-2/h62-65,70H,6-61H2,1-5H3,(H,75,76)(H,77,78)/t63-,64+,65+/m0/s1. The summed E-state index contributed by atoms with van der Waals surface area (Å²) in [6, 6.07) is 0. The van der Waals surface area contributed by atoms with Gasteiger partial charge in [0.25, 0.3) is 0 Å². The van der Waals surface area contributed by atoms with Crippen molar-refractivity contribution in [1.29, 1.82) is 0 Å². The number of aliphatic hydroxyl groups excluding tert-OH is 1. The number of hydrogen-bond donors (Lipinski definition) is 3. The van der Waals surface area contributed by atoms with E-state index in [1.165, 1.54) is 167 Å². The monoisotopic (exact) mass is 1300 g/mol. The van der Waals surface area contributed by atoms with Crippen molar-refractivity contribution in [2.24, 2.45) is 5.92 Å². The smallest absolute Gasteiger partial charge is 0.462 e. The molecule has 0 aliphatic carbocycles. The fourth-order valence-corrected chi connectivity index (χ4v) is 12.0. The zero-order valence-corrected chi connectivity index (χ0v) is 58.6. The van der Waals surface area contributed by atoms with E-state index >= 15 is 0 Å². The molecule has 522 valence electrons. The minimum atomic E-state index is -4.95. The molecule has 5 atom stereocenters. The molecule has 0 fully saturated rings. The molecule has 17 nitrogen and oxygen atoms in total. The summed E-state index contributed by atoms with van der Waals surface area (Å²) in [5.41, 5.74) is 0. The number of ether oxygens (including phenoxy) is 4. The first-order valence-electron chi connectivity index (χ1n) is 36.1. The highest BCUT2D eigenvalue weighted by molar-refractivity contribution is 7.47. The van der Waals surface area contributed by atoms with Gasteiger partial charge in [-0.3, -0.25) is 37.3 Å². The Kier molecular flexibility index (Phi) is 61.1. The summed E-state index contributed by atoms with van der Waals surface area (Å²) in [7, 11) is -9.88. The average Bonchev–Trinajstić information content (AvgIpc) is 3.56. The predicted octanol–water partition coefficient (Wildman–Crippen LogP) is 19.7. The highest BCUT2D eigenvalue weighted by Gasteiger charge is 2.30. The van der Waals surface area contributed by atoms with Crippen molar-refractivity contribution in [2.45, 2.75) is 374 Å². The molecular weight excluding hydrogens is 1160 g/mol. The molecule has 0 amide bonds. The first-order valence-corrected chi connectivity index (χ1v) is 39.1. The summed E-state index contributed by atoms with van der Waals surface area (Å²) in [5.74, 6) is -1.38. The highest BCUT2D eigenvalue weighted by atomic mass is 31.2. The summed E-state index contributed by atoms with van der Waals surface area (Å²) in [4.78, 5) is 72.1. The van der Waals surface area contributed by atoms with Gasteiger partial charge in [0.05, 0.1) is 26.4 Å². The second kappa shape index (κ2) is 62.5. The molecule has 0 aliphatic rings. The number of carbonyl (C=O) groups excluding carboxylic acids is 4. The van der Waals surface area contributed by atoms with Crippen LogP contribution >= 0.6 is 15.6 Å². The molecule has 3 N–H and O–H groups in total. The maximum atomic E-state index is 13.0. The number of rotatable bonds is 69. The number of hydrogen-bond acceptors (Lipinski definition) is 15. The lowest BCUT2D eigenvalue weighted by Crippen LogP contribution is -2.30. The summed E-state index contributed by atoms with van der Waals surface area (Å²) in [5, 5.41) is 10.5. The van der Waals surface area contributed by atoms with Crippen LogP contribution in [0.3, 0.4) is 0 Å². The van der Waals surface area contributed by atoms with Crippen molar-refractivity contribution in [3.63, 3.8) is 0 Å². The fourth-order valence-electron chi connectivity index (χ4n) is 10.5. The third-order valence-corrected chi connectivity index (χ3v) is 17.9. The summed E-state index contributed by atoms with van der Waals surface area (Å²) < 4.78 is 67.9. The molecule has 2 unspecified atom stereocenters. The maximum absolute atomic E-state index is 13.0. The molecule has 0 aliphatic heterocycles. The van der Waals surface area contributed by atoms with Gasteiger partial charge in [0.2, 0.25) is 0 Å². The first kappa shape index (κ1) is 86.1. The van der Waals surface area contributed by atoms with E-state index in [4.69, 9.17) is 37.0 Å². The molecule has 0 rings (SSSR count). The third-order valence-electron chi connectivity index (χ3n) is 16.0. The van der Waals surface area contributed by atoms with Gasteiger partial charge in [0, 0.05) is 25.7 Å². The van der Waals surface area contributed by atoms with Crippen LogP contribution in [0.1, 0.15) is 356 Å². The highest BCUT2D eigenvalue weighted by Crippen LogP contribution is 2.45. The van der Waals surface area contributed by atoms with Crippen LogP contribution in [0.15, 0.2) is 0 Å². The first-order chi connectivity index (χ1) is 42.5. The molecule has 0 bridgehead atoms. The molecule has 0 saturated carbocycles. The van der Waals surface area contributed by atoms with E-state index in [1.807, 2.05) is 0 Å². The number of unbranched alkanes of at least 4 members (excludes halogenated alkanes) is 41. The van der Waals surface area contributed by atoms with Gasteiger partial charge in [-0.2, -0.15) is 0 Å². The minimum Gasteiger partial charge on any atom is -0.462 e. The normalized spacial score (nSPS) is 14.1. The summed E-state index contributed by atoms with van der Waals surface area (Å²) in [6.07, 6.45) is 49.3. The zero-order chi connectivity index (χ0) is 64.9. The van der Waals surface area contributed by atoms with Crippen LogP contribution in [0.5, 0.6) is 0 Å². The van der Waals surface area contributed by atoms with Crippen LogP contribution in [-0.4, -0.2) is 96.7 Å². The molecule has 0 aromatic heterocycles. The van der Waals surface area contributed by atoms with Gasteiger partial charge in [-0.1, -0.05) is 304 Å². The lowest BCUT2D eigenvalue weighted by Gasteiger charge is -2.21. The van der Waals surface area contributed by atoms with Crippen molar-refractivity contribution in [2.75, 3.05) is 39.6 Å². The van der Waals surface area contributed by atoms with Crippen LogP contribution in [0.4, 0.5) is 0 Å². The molecule has 19 heteroatoms. The number of esters is 4. The van der Waals surface area contributed by atoms with Gasteiger partial charge in [0.1, 0.15) is 19.3 Å². The van der Waals surface area contributed by atoms with E-state index in [1.54, 1.807) is 0 Å². The van der Waals surface area contributed by atoms with E-state index in [0.29, 0.717) is 25.7 Å². The Morgan fingerprint density at radius 1 is 0.307 bits per heavy atom. The Bertz CT molecular complexity index is 1700. The van der Waals surface area contributed by atoms with Crippen molar-refractivity contribution >= 4 is 39.5 Å². The molecule has 0 saturated heterocycles. The van der Waals surface area contributed by atoms with Crippen molar-refractivity contribution in [3.8, 4) is 0 Å². The largest absolute Gasteiger partial charge is 0.472 e. The van der Waals surface area contributed by atoms with Gasteiger partial charge < -0.3 is 33.8 Å². The molecular formula is C69H134O17P2. The Labute approximate surface area is 537 Å². The molecule has 0 spiro atoms. The molecule has 0 heterocycles. The Morgan fingerprint density at radius 3 is 0.773 bits per heavy atom. The van der Waals surface area contributed by atoms with Crippen LogP contribution in [0.2, 0.25) is 0 Å². The average molecular weight is 1300 g/mol. The molecule has 88 heavy (non-hydrogen) atoms. The summed E-state index contributed by atoms with van der Waals surface area (Å²) in [6.45, 7) is 7.10. The molecule has 0 aromatic rings. The van der Waals surface area contributed by atoms with Crippen LogP contribution in [0, 0.1) is 5.92 Å². The number of carbonyl (C=O) groups is 4. The van der Waals surface area contributed by atoms with E-state index in [-0.39, 0.29) is 25.7 Å². The van der Waals surface area contributed by atoms with E-state index in [9.17, 15) is 43.2 Å². The second-order valence-corrected chi connectivity index (χ2v) is 28.3. The Morgan fingerprint density at radius 2 is 0.523 bits per heavy atom. The predicted molar refractivity (Wildman–Crippen MR) is 354 cm³/mol. The van der Waals surface area contributed by atoms with Gasteiger partial charge in [-0.25, -0.2) is 9.13 Å². The van der Waals surface area contributed by atoms with Gasteiger partial charge in [-0.15, -0.1) is 0 Å². The van der Waals surface area contributed by atoms with Crippen LogP contribution in [-0.2, 0) is 65.4 Å². The zero-order valence-electron chi connectivity index (χ0n) is 56.9. The van der Waals surface area contributed by atoms with Crippen LogP contribution in [0.25, 0.3) is 0 Å². The van der Waals surface area contributed by atoms with Crippen molar-refractivity contribution in [1.82, 2.24) is 0 Å². The van der Waals surface area contributed by atoms with Crippen LogP contribution < -0.4 is 0 Å². The summed E-state index contributed by atoms with van der Waals surface area (Å²) >= 11 is 0. The third kappa shape index (κ3) is 62.8. The lowest BCUT2D eigenvalue weighted by molar-refractivity contribution is -0.161. The molecule has 0 aromatic carbocycles. The van der Waals surface area contributed by atoms with Gasteiger partial charge in [0.15, 0.2) is 12.2 Å². The number of aliphatic hydroxyl groups is 1. The van der Waals surface area contributed by atoms with Crippen molar-refractivity contribution < 1.29 is 80.2 Å². The van der Waals surface area contributed by atoms with E-state index in [0.717, 1.165) is 109 Å². The Balaban J connectivity index is 5.07. The lowest BCUT2D eigenvalue weighted by atomic mass is 10.0. The topological polar surface area (TPSA) is 237 Å². The number of phosphoric ester groups is 2. The quantitative estimate of drug-likeness (QED) is 0.0222. The van der Waals surface area contributed by atoms with E-state index in [2.05, 4.69) is 34.6 Å². The molecule has 0 radical (unpaired) electrons. The Hall–Kier alpha value is -1.94. The second-order valence-electron chi connectivity index (χ2n) is 25.4. The van der Waals surface area contributed by atoms with E-state index < -0.39 is 97.5 Å². The minimum absolute atomic E-state index is 0.104. The van der Waals surface area contributed by atoms with Gasteiger partial charge >= 0.3 is 39.5 Å². The fraction of sp³-hybridized carbons (Fsp3) is 0.942.